The van der Waals surface area contributed by atoms with Gasteiger partial charge in [-0.3, -0.25) is 0 Å². The van der Waals surface area contributed by atoms with E-state index in [1.54, 1.807) is 6.07 Å². The predicted molar refractivity (Wildman–Crippen MR) is 56.4 cm³/mol. The van der Waals surface area contributed by atoms with Crippen LogP contribution < -0.4 is 5.32 Å². The second-order valence-electron chi connectivity index (χ2n) is 4.19. The first-order valence-corrected chi connectivity index (χ1v) is 5.25. The standard InChI is InChI=1S/C12H15F2N/c1-9-3-2-4-10(7-9)11-5-6-15-8-12(11,13)14/h2-4,7,11,15H,5-6,8H2,1H3. The van der Waals surface area contributed by atoms with Crippen molar-refractivity contribution in [3.8, 4) is 0 Å². The number of hydrogen-bond acceptors (Lipinski definition) is 1. The third-order valence-corrected chi connectivity index (χ3v) is 2.92. The molecule has 1 aromatic carbocycles. The summed E-state index contributed by atoms with van der Waals surface area (Å²) in [5.74, 6) is -3.25. The molecule has 15 heavy (non-hydrogen) atoms. The fourth-order valence-electron chi connectivity index (χ4n) is 2.13. The van der Waals surface area contributed by atoms with Crippen LogP contribution in [-0.2, 0) is 0 Å². The first-order valence-electron chi connectivity index (χ1n) is 5.25. The van der Waals surface area contributed by atoms with Crippen molar-refractivity contribution in [2.45, 2.75) is 25.2 Å². The quantitative estimate of drug-likeness (QED) is 0.753. The van der Waals surface area contributed by atoms with Gasteiger partial charge in [-0.15, -0.1) is 0 Å². The molecule has 1 saturated heterocycles. The molecule has 1 aliphatic heterocycles. The molecule has 0 amide bonds. The summed E-state index contributed by atoms with van der Waals surface area (Å²) in [6.07, 6.45) is 0.510. The van der Waals surface area contributed by atoms with E-state index in [0.717, 1.165) is 11.1 Å². The van der Waals surface area contributed by atoms with Crippen LogP contribution in [0.3, 0.4) is 0 Å². The second-order valence-corrected chi connectivity index (χ2v) is 4.19. The second kappa shape index (κ2) is 3.89. The first-order chi connectivity index (χ1) is 7.09. The zero-order chi connectivity index (χ0) is 10.9. The first kappa shape index (κ1) is 10.6. The van der Waals surface area contributed by atoms with Gasteiger partial charge in [0.25, 0.3) is 5.92 Å². The summed E-state index contributed by atoms with van der Waals surface area (Å²) in [5.41, 5.74) is 1.81. The average Bonchev–Trinajstić information content (AvgIpc) is 2.17. The summed E-state index contributed by atoms with van der Waals surface area (Å²) in [7, 11) is 0. The molecule has 0 bridgehead atoms. The van der Waals surface area contributed by atoms with Gasteiger partial charge in [-0.25, -0.2) is 8.78 Å². The molecule has 3 heteroatoms. The third-order valence-electron chi connectivity index (χ3n) is 2.92. The van der Waals surface area contributed by atoms with Gasteiger partial charge in [-0.2, -0.15) is 0 Å². The summed E-state index contributed by atoms with van der Waals surface area (Å²) in [4.78, 5) is 0. The van der Waals surface area contributed by atoms with Crippen molar-refractivity contribution < 1.29 is 8.78 Å². The lowest BCUT2D eigenvalue weighted by atomic mass is 9.86. The molecule has 1 fully saturated rings. The van der Waals surface area contributed by atoms with Crippen molar-refractivity contribution in [2.75, 3.05) is 13.1 Å². The molecule has 0 saturated carbocycles. The molecule has 1 heterocycles. The van der Waals surface area contributed by atoms with Crippen molar-refractivity contribution >= 4 is 0 Å². The largest absolute Gasteiger partial charge is 0.311 e. The van der Waals surface area contributed by atoms with Crippen LogP contribution in [0.4, 0.5) is 8.78 Å². The number of alkyl halides is 2. The van der Waals surface area contributed by atoms with E-state index in [-0.39, 0.29) is 6.54 Å². The van der Waals surface area contributed by atoms with Gasteiger partial charge >= 0.3 is 0 Å². The maximum Gasteiger partial charge on any atom is 0.267 e. The van der Waals surface area contributed by atoms with Crippen LogP contribution in [0.2, 0.25) is 0 Å². The van der Waals surface area contributed by atoms with Crippen LogP contribution in [0.15, 0.2) is 24.3 Å². The van der Waals surface area contributed by atoms with Gasteiger partial charge in [0.05, 0.1) is 12.5 Å². The minimum atomic E-state index is -2.62. The van der Waals surface area contributed by atoms with E-state index < -0.39 is 11.8 Å². The van der Waals surface area contributed by atoms with E-state index >= 15 is 0 Å². The topological polar surface area (TPSA) is 12.0 Å². The Morgan fingerprint density at radius 3 is 2.87 bits per heavy atom. The van der Waals surface area contributed by atoms with Gasteiger partial charge in [-0.05, 0) is 25.5 Å². The molecule has 0 aliphatic carbocycles. The number of aryl methyl sites for hydroxylation is 1. The number of piperidine rings is 1. The highest BCUT2D eigenvalue weighted by atomic mass is 19.3. The highest BCUT2D eigenvalue weighted by molar-refractivity contribution is 5.27. The zero-order valence-corrected chi connectivity index (χ0v) is 8.76. The van der Waals surface area contributed by atoms with Gasteiger partial charge in [0.15, 0.2) is 0 Å². The minimum absolute atomic E-state index is 0.203. The molecular formula is C12H15F2N. The van der Waals surface area contributed by atoms with Gasteiger partial charge in [0.1, 0.15) is 0 Å². The maximum absolute atomic E-state index is 13.6. The molecule has 1 nitrogen and oxygen atoms in total. The fourth-order valence-corrected chi connectivity index (χ4v) is 2.13. The number of halogens is 2. The molecule has 0 spiro atoms. The Bertz CT molecular complexity index is 349. The van der Waals surface area contributed by atoms with Crippen LogP contribution in [0.1, 0.15) is 23.5 Å². The van der Waals surface area contributed by atoms with E-state index in [1.165, 1.54) is 0 Å². The van der Waals surface area contributed by atoms with Crippen LogP contribution in [0.25, 0.3) is 0 Å². The summed E-state index contributed by atoms with van der Waals surface area (Å²) in [5, 5.41) is 2.74. The van der Waals surface area contributed by atoms with Crippen LogP contribution in [0, 0.1) is 6.92 Å². The SMILES string of the molecule is Cc1cccc(C2CCNCC2(F)F)c1. The molecule has 0 aromatic heterocycles. The number of hydrogen-bond donors (Lipinski definition) is 1. The number of rotatable bonds is 1. The van der Waals surface area contributed by atoms with Gasteiger partial charge in [-0.1, -0.05) is 29.8 Å². The molecular weight excluding hydrogens is 196 g/mol. The Labute approximate surface area is 88.5 Å². The molecule has 1 unspecified atom stereocenters. The maximum atomic E-state index is 13.6. The van der Waals surface area contributed by atoms with Gasteiger partial charge in [0, 0.05) is 0 Å². The minimum Gasteiger partial charge on any atom is -0.311 e. The van der Waals surface area contributed by atoms with Crippen molar-refractivity contribution in [3.63, 3.8) is 0 Å². The monoisotopic (exact) mass is 211 g/mol. The Morgan fingerprint density at radius 2 is 2.20 bits per heavy atom. The van der Waals surface area contributed by atoms with E-state index in [2.05, 4.69) is 5.32 Å². The molecule has 0 radical (unpaired) electrons. The predicted octanol–water partition coefficient (Wildman–Crippen LogP) is 2.71. The molecule has 2 rings (SSSR count). The molecule has 82 valence electrons. The lowest BCUT2D eigenvalue weighted by molar-refractivity contribution is -0.0420. The highest BCUT2D eigenvalue weighted by Gasteiger charge is 2.42. The highest BCUT2D eigenvalue weighted by Crippen LogP contribution is 2.37. The Hall–Kier alpha value is -0.960. The Kier molecular flexibility index (Phi) is 2.74. The van der Waals surface area contributed by atoms with E-state index in [0.29, 0.717) is 13.0 Å². The smallest absolute Gasteiger partial charge is 0.267 e. The molecule has 1 aliphatic rings. The van der Waals surface area contributed by atoms with Crippen LogP contribution in [-0.4, -0.2) is 19.0 Å². The Balaban J connectivity index is 2.29. The molecule has 1 atom stereocenters. The number of benzene rings is 1. The summed E-state index contributed by atoms with van der Waals surface area (Å²) in [6.45, 7) is 2.41. The third kappa shape index (κ3) is 2.17. The van der Waals surface area contributed by atoms with Crippen molar-refractivity contribution in [2.24, 2.45) is 0 Å². The van der Waals surface area contributed by atoms with E-state index in [4.69, 9.17) is 0 Å². The Morgan fingerprint density at radius 1 is 1.40 bits per heavy atom. The average molecular weight is 211 g/mol. The van der Waals surface area contributed by atoms with E-state index in [1.807, 2.05) is 25.1 Å². The fraction of sp³-hybridized carbons (Fsp3) is 0.500. The lowest BCUT2D eigenvalue weighted by Crippen LogP contribution is -2.44. The van der Waals surface area contributed by atoms with Crippen molar-refractivity contribution in [1.82, 2.24) is 5.32 Å². The zero-order valence-electron chi connectivity index (χ0n) is 8.76. The van der Waals surface area contributed by atoms with E-state index in [9.17, 15) is 8.78 Å². The summed E-state index contributed by atoms with van der Waals surface area (Å²) >= 11 is 0. The van der Waals surface area contributed by atoms with Crippen molar-refractivity contribution in [1.29, 1.82) is 0 Å². The van der Waals surface area contributed by atoms with Crippen LogP contribution >= 0.6 is 0 Å². The van der Waals surface area contributed by atoms with Crippen LogP contribution in [0.5, 0.6) is 0 Å². The lowest BCUT2D eigenvalue weighted by Gasteiger charge is -2.32. The number of nitrogens with one attached hydrogen (secondary N) is 1. The van der Waals surface area contributed by atoms with Crippen molar-refractivity contribution in [3.05, 3.63) is 35.4 Å². The summed E-state index contributed by atoms with van der Waals surface area (Å²) in [6, 6.07) is 7.45. The molecule has 1 N–H and O–H groups in total. The normalized spacial score (nSPS) is 25.1. The van der Waals surface area contributed by atoms with Gasteiger partial charge < -0.3 is 5.32 Å². The van der Waals surface area contributed by atoms with Gasteiger partial charge in [0.2, 0.25) is 0 Å². The summed E-state index contributed by atoms with van der Waals surface area (Å²) < 4.78 is 27.2. The molecule has 1 aromatic rings.